The second kappa shape index (κ2) is 4.79. The van der Waals surface area contributed by atoms with E-state index in [0.717, 1.165) is 18.4 Å². The Balaban J connectivity index is 1.91. The molecule has 0 aromatic rings. The largest absolute Gasteiger partial charge is 0.330 e. The molecule has 0 aromatic heterocycles. The molecule has 2 unspecified atom stereocenters. The van der Waals surface area contributed by atoms with Crippen LogP contribution >= 0.6 is 0 Å². The lowest BCUT2D eigenvalue weighted by molar-refractivity contribution is 0.346. The van der Waals surface area contributed by atoms with Gasteiger partial charge in [0.05, 0.1) is 0 Å². The summed E-state index contributed by atoms with van der Waals surface area (Å²) in [6, 6.07) is 0. The standard InChI is InChI=1S/C13H21N/c14-9-3-4-11-7-8-12-5-1-2-6-13(12)10-11/h1,5,8,11,13H,2-4,6-7,9-10,14H2. The Hall–Kier alpha value is -0.560. The molecule has 0 spiro atoms. The van der Waals surface area contributed by atoms with Gasteiger partial charge in [-0.05, 0) is 62.5 Å². The van der Waals surface area contributed by atoms with Crippen molar-refractivity contribution in [2.75, 3.05) is 6.54 Å². The summed E-state index contributed by atoms with van der Waals surface area (Å²) in [6.07, 6.45) is 15.0. The van der Waals surface area contributed by atoms with Gasteiger partial charge in [0.25, 0.3) is 0 Å². The Labute approximate surface area is 87.1 Å². The molecule has 0 heterocycles. The summed E-state index contributed by atoms with van der Waals surface area (Å²) in [4.78, 5) is 0. The first-order chi connectivity index (χ1) is 6.90. The summed E-state index contributed by atoms with van der Waals surface area (Å²) in [5, 5.41) is 0. The van der Waals surface area contributed by atoms with Gasteiger partial charge < -0.3 is 5.73 Å². The molecule has 0 amide bonds. The summed E-state index contributed by atoms with van der Waals surface area (Å²) in [6.45, 7) is 0.859. The first-order valence-electron chi connectivity index (χ1n) is 5.97. The molecule has 0 bridgehead atoms. The molecule has 2 aliphatic rings. The number of nitrogens with two attached hydrogens (primary N) is 1. The quantitative estimate of drug-likeness (QED) is 0.729. The molecule has 78 valence electrons. The minimum atomic E-state index is 0.859. The summed E-state index contributed by atoms with van der Waals surface area (Å²) < 4.78 is 0. The fraction of sp³-hybridized carbons (Fsp3) is 0.692. The van der Waals surface area contributed by atoms with Gasteiger partial charge in [-0.3, -0.25) is 0 Å². The molecule has 1 nitrogen and oxygen atoms in total. The van der Waals surface area contributed by atoms with Gasteiger partial charge in [0, 0.05) is 0 Å². The van der Waals surface area contributed by atoms with Crippen molar-refractivity contribution in [2.45, 2.75) is 38.5 Å². The third-order valence-corrected chi connectivity index (χ3v) is 3.58. The third-order valence-electron chi connectivity index (χ3n) is 3.58. The van der Waals surface area contributed by atoms with Crippen LogP contribution in [0, 0.1) is 11.8 Å². The molecule has 2 N–H and O–H groups in total. The molecule has 0 saturated carbocycles. The molecule has 1 heteroatoms. The van der Waals surface area contributed by atoms with Crippen LogP contribution in [0.3, 0.4) is 0 Å². The predicted octanol–water partition coefficient (Wildman–Crippen LogP) is 3.03. The maximum atomic E-state index is 5.55. The Morgan fingerprint density at radius 3 is 3.21 bits per heavy atom. The van der Waals surface area contributed by atoms with E-state index in [1.165, 1.54) is 38.5 Å². The van der Waals surface area contributed by atoms with Crippen LogP contribution in [0.2, 0.25) is 0 Å². The predicted molar refractivity (Wildman–Crippen MR) is 61.0 cm³/mol. The average Bonchev–Trinajstić information content (AvgIpc) is 2.26. The molecule has 2 atom stereocenters. The Bertz CT molecular complexity index is 240. The summed E-state index contributed by atoms with van der Waals surface area (Å²) in [5.41, 5.74) is 7.16. The zero-order valence-electron chi connectivity index (χ0n) is 8.91. The van der Waals surface area contributed by atoms with Crippen LogP contribution in [0.1, 0.15) is 38.5 Å². The molecule has 0 fully saturated rings. The number of fused-ring (bicyclic) bond motifs is 1. The molecule has 0 aliphatic heterocycles. The highest BCUT2D eigenvalue weighted by Crippen LogP contribution is 2.37. The van der Waals surface area contributed by atoms with Gasteiger partial charge in [0.1, 0.15) is 0 Å². The van der Waals surface area contributed by atoms with Crippen LogP contribution in [0.25, 0.3) is 0 Å². The lowest BCUT2D eigenvalue weighted by atomic mass is 9.75. The Morgan fingerprint density at radius 1 is 1.43 bits per heavy atom. The molecule has 0 saturated heterocycles. The highest BCUT2D eigenvalue weighted by atomic mass is 14.5. The van der Waals surface area contributed by atoms with Crippen LogP contribution in [0.15, 0.2) is 23.8 Å². The molecule has 2 aliphatic carbocycles. The van der Waals surface area contributed by atoms with Gasteiger partial charge >= 0.3 is 0 Å². The molecular weight excluding hydrogens is 170 g/mol. The highest BCUT2D eigenvalue weighted by Gasteiger charge is 2.23. The van der Waals surface area contributed by atoms with Crippen LogP contribution < -0.4 is 5.73 Å². The van der Waals surface area contributed by atoms with Gasteiger partial charge in [-0.2, -0.15) is 0 Å². The average molecular weight is 191 g/mol. The van der Waals surface area contributed by atoms with Crippen LogP contribution in [-0.4, -0.2) is 6.54 Å². The van der Waals surface area contributed by atoms with Gasteiger partial charge in [-0.1, -0.05) is 18.2 Å². The highest BCUT2D eigenvalue weighted by molar-refractivity contribution is 5.26. The van der Waals surface area contributed by atoms with E-state index in [1.54, 1.807) is 5.57 Å². The van der Waals surface area contributed by atoms with E-state index in [4.69, 9.17) is 5.73 Å². The molecule has 14 heavy (non-hydrogen) atoms. The van der Waals surface area contributed by atoms with Crippen molar-refractivity contribution in [3.63, 3.8) is 0 Å². The lowest BCUT2D eigenvalue weighted by Crippen LogP contribution is -2.18. The number of hydrogen-bond donors (Lipinski definition) is 1. The Kier molecular flexibility index (Phi) is 3.41. The van der Waals surface area contributed by atoms with E-state index in [2.05, 4.69) is 18.2 Å². The number of allylic oxidation sites excluding steroid dienone is 4. The van der Waals surface area contributed by atoms with Crippen molar-refractivity contribution in [3.8, 4) is 0 Å². The van der Waals surface area contributed by atoms with Crippen LogP contribution in [0.4, 0.5) is 0 Å². The lowest BCUT2D eigenvalue weighted by Gasteiger charge is -2.30. The van der Waals surface area contributed by atoms with Crippen molar-refractivity contribution in [2.24, 2.45) is 17.6 Å². The zero-order chi connectivity index (χ0) is 9.80. The summed E-state index contributed by atoms with van der Waals surface area (Å²) in [7, 11) is 0. The monoisotopic (exact) mass is 191 g/mol. The van der Waals surface area contributed by atoms with E-state index in [-0.39, 0.29) is 0 Å². The smallest absolute Gasteiger partial charge is 0.00772 e. The van der Waals surface area contributed by atoms with E-state index in [0.29, 0.717) is 0 Å². The topological polar surface area (TPSA) is 26.0 Å². The van der Waals surface area contributed by atoms with Crippen molar-refractivity contribution in [1.29, 1.82) is 0 Å². The minimum absolute atomic E-state index is 0.859. The van der Waals surface area contributed by atoms with Crippen LogP contribution in [-0.2, 0) is 0 Å². The number of rotatable bonds is 3. The summed E-state index contributed by atoms with van der Waals surface area (Å²) >= 11 is 0. The van der Waals surface area contributed by atoms with E-state index in [1.807, 2.05) is 0 Å². The molecular formula is C13H21N. The van der Waals surface area contributed by atoms with Crippen LogP contribution in [0.5, 0.6) is 0 Å². The van der Waals surface area contributed by atoms with Crippen molar-refractivity contribution >= 4 is 0 Å². The normalized spacial score (nSPS) is 31.1. The zero-order valence-corrected chi connectivity index (χ0v) is 8.91. The van der Waals surface area contributed by atoms with E-state index in [9.17, 15) is 0 Å². The van der Waals surface area contributed by atoms with E-state index >= 15 is 0 Å². The van der Waals surface area contributed by atoms with Crippen molar-refractivity contribution in [1.82, 2.24) is 0 Å². The Morgan fingerprint density at radius 2 is 2.36 bits per heavy atom. The minimum Gasteiger partial charge on any atom is -0.330 e. The van der Waals surface area contributed by atoms with Gasteiger partial charge in [0.15, 0.2) is 0 Å². The van der Waals surface area contributed by atoms with Gasteiger partial charge in [0.2, 0.25) is 0 Å². The SMILES string of the molecule is NCCCC1CC=C2C=CCCC2C1. The maximum Gasteiger partial charge on any atom is -0.00772 e. The number of hydrogen-bond acceptors (Lipinski definition) is 1. The fourth-order valence-corrected chi connectivity index (χ4v) is 2.75. The van der Waals surface area contributed by atoms with Crippen molar-refractivity contribution in [3.05, 3.63) is 23.8 Å². The maximum absolute atomic E-state index is 5.55. The molecule has 0 aromatic carbocycles. The fourth-order valence-electron chi connectivity index (χ4n) is 2.75. The molecule has 2 rings (SSSR count). The first-order valence-corrected chi connectivity index (χ1v) is 5.97. The second-order valence-corrected chi connectivity index (χ2v) is 4.65. The third kappa shape index (κ3) is 2.27. The summed E-state index contributed by atoms with van der Waals surface area (Å²) in [5.74, 6) is 1.79. The van der Waals surface area contributed by atoms with E-state index < -0.39 is 0 Å². The van der Waals surface area contributed by atoms with Gasteiger partial charge in [-0.15, -0.1) is 0 Å². The molecule has 0 radical (unpaired) electrons. The first kappa shape index (κ1) is 9.97. The second-order valence-electron chi connectivity index (χ2n) is 4.65. The van der Waals surface area contributed by atoms with Crippen molar-refractivity contribution < 1.29 is 0 Å². The van der Waals surface area contributed by atoms with Gasteiger partial charge in [-0.25, -0.2) is 0 Å².